The van der Waals surface area contributed by atoms with E-state index >= 15 is 0 Å². The Morgan fingerprint density at radius 2 is 2.13 bits per heavy atom. The van der Waals surface area contributed by atoms with Crippen molar-refractivity contribution in [3.63, 3.8) is 0 Å². The average Bonchev–Trinajstić information content (AvgIpc) is 2.14. The van der Waals surface area contributed by atoms with E-state index in [1.807, 2.05) is 0 Å². The van der Waals surface area contributed by atoms with Gasteiger partial charge < -0.3 is 15.7 Å². The van der Waals surface area contributed by atoms with Crippen molar-refractivity contribution in [2.75, 3.05) is 5.32 Å². The Morgan fingerprint density at radius 3 is 2.73 bits per heavy atom. The zero-order valence-corrected chi connectivity index (χ0v) is 8.28. The van der Waals surface area contributed by atoms with E-state index in [0.29, 0.717) is 5.69 Å². The molecule has 0 radical (unpaired) electrons. The predicted molar refractivity (Wildman–Crippen MR) is 55.6 cm³/mol. The minimum atomic E-state index is -1.07. The van der Waals surface area contributed by atoms with Crippen molar-refractivity contribution in [1.82, 2.24) is 5.32 Å². The molecule has 0 saturated heterocycles. The number of benzene rings is 1. The topological polar surface area (TPSA) is 78.4 Å². The molecule has 0 aliphatic heterocycles. The van der Waals surface area contributed by atoms with Gasteiger partial charge in [0.15, 0.2) is 0 Å². The lowest BCUT2D eigenvalue weighted by atomic mass is 10.2. The van der Waals surface area contributed by atoms with Gasteiger partial charge in [-0.3, -0.25) is 4.79 Å². The largest absolute Gasteiger partial charge is 0.465 e. The molecule has 15 heavy (non-hydrogen) atoms. The van der Waals surface area contributed by atoms with Crippen LogP contribution in [0.2, 0.25) is 0 Å². The first-order chi connectivity index (χ1) is 7.08. The highest BCUT2D eigenvalue weighted by Gasteiger charge is 1.99. The molecule has 0 heterocycles. The van der Waals surface area contributed by atoms with Gasteiger partial charge in [-0.15, -0.1) is 0 Å². The Bertz CT molecular complexity index is 377. The minimum absolute atomic E-state index is 0.154. The molecule has 0 unspecified atom stereocenters. The van der Waals surface area contributed by atoms with Gasteiger partial charge in [-0.1, -0.05) is 12.1 Å². The second kappa shape index (κ2) is 4.99. The molecule has 80 valence electrons. The molecule has 1 aromatic carbocycles. The smallest absolute Gasteiger partial charge is 0.404 e. The van der Waals surface area contributed by atoms with Crippen LogP contribution in [0.15, 0.2) is 24.3 Å². The number of hydrogen-bond acceptors (Lipinski definition) is 2. The van der Waals surface area contributed by atoms with Crippen LogP contribution in [0.3, 0.4) is 0 Å². The molecule has 0 aliphatic carbocycles. The number of rotatable bonds is 3. The van der Waals surface area contributed by atoms with Crippen molar-refractivity contribution in [3.05, 3.63) is 29.8 Å². The molecule has 5 heteroatoms. The fourth-order valence-corrected chi connectivity index (χ4v) is 1.14. The third-order valence-corrected chi connectivity index (χ3v) is 1.69. The summed E-state index contributed by atoms with van der Waals surface area (Å²) in [5, 5.41) is 13.3. The molecule has 0 aliphatic rings. The SMILES string of the molecule is CC(=O)Nc1cccc(CNC(=O)O)c1. The van der Waals surface area contributed by atoms with Gasteiger partial charge in [0.05, 0.1) is 0 Å². The third-order valence-electron chi connectivity index (χ3n) is 1.69. The summed E-state index contributed by atoms with van der Waals surface area (Å²) in [5.74, 6) is -0.154. The van der Waals surface area contributed by atoms with Crippen molar-refractivity contribution < 1.29 is 14.7 Å². The summed E-state index contributed by atoms with van der Waals surface area (Å²) in [4.78, 5) is 21.0. The number of nitrogens with one attached hydrogen (secondary N) is 2. The summed E-state index contributed by atoms with van der Waals surface area (Å²) in [5.41, 5.74) is 1.45. The standard InChI is InChI=1S/C10H12N2O3/c1-7(13)12-9-4-2-3-8(5-9)6-11-10(14)15/h2-5,11H,6H2,1H3,(H,12,13)(H,14,15). The number of hydrogen-bond donors (Lipinski definition) is 3. The Balaban J connectivity index is 2.65. The Labute approximate surface area is 87.1 Å². The molecule has 0 fully saturated rings. The van der Waals surface area contributed by atoms with Gasteiger partial charge in [-0.2, -0.15) is 0 Å². The van der Waals surface area contributed by atoms with Crippen LogP contribution in [-0.4, -0.2) is 17.1 Å². The van der Waals surface area contributed by atoms with Crippen molar-refractivity contribution >= 4 is 17.7 Å². The Morgan fingerprint density at radius 1 is 1.40 bits per heavy atom. The number of carbonyl (C=O) groups is 2. The van der Waals surface area contributed by atoms with E-state index in [9.17, 15) is 9.59 Å². The van der Waals surface area contributed by atoms with Crippen LogP contribution in [0.4, 0.5) is 10.5 Å². The van der Waals surface area contributed by atoms with Crippen molar-refractivity contribution in [1.29, 1.82) is 0 Å². The summed E-state index contributed by atoms with van der Waals surface area (Å²) >= 11 is 0. The molecule has 2 amide bonds. The third kappa shape index (κ3) is 4.12. The van der Waals surface area contributed by atoms with Gasteiger partial charge in [0.25, 0.3) is 0 Å². The fourth-order valence-electron chi connectivity index (χ4n) is 1.14. The van der Waals surface area contributed by atoms with Crippen molar-refractivity contribution in [3.8, 4) is 0 Å². The fraction of sp³-hybridized carbons (Fsp3) is 0.200. The molecule has 0 aromatic heterocycles. The lowest BCUT2D eigenvalue weighted by Gasteiger charge is -2.05. The molecule has 5 nitrogen and oxygen atoms in total. The lowest BCUT2D eigenvalue weighted by Crippen LogP contribution is -2.20. The maximum absolute atomic E-state index is 10.8. The zero-order chi connectivity index (χ0) is 11.3. The van der Waals surface area contributed by atoms with Crippen LogP contribution >= 0.6 is 0 Å². The van der Waals surface area contributed by atoms with Gasteiger partial charge >= 0.3 is 6.09 Å². The first-order valence-electron chi connectivity index (χ1n) is 4.41. The first-order valence-corrected chi connectivity index (χ1v) is 4.41. The number of amides is 2. The zero-order valence-electron chi connectivity index (χ0n) is 8.28. The number of carbonyl (C=O) groups excluding carboxylic acids is 1. The highest BCUT2D eigenvalue weighted by molar-refractivity contribution is 5.88. The molecule has 1 aromatic rings. The maximum Gasteiger partial charge on any atom is 0.404 e. The van der Waals surface area contributed by atoms with Crippen LogP contribution in [0.5, 0.6) is 0 Å². The molecule has 0 spiro atoms. The molecule has 0 saturated carbocycles. The van der Waals surface area contributed by atoms with E-state index in [-0.39, 0.29) is 12.5 Å². The Hall–Kier alpha value is -2.04. The van der Waals surface area contributed by atoms with E-state index in [1.165, 1.54) is 6.92 Å². The van der Waals surface area contributed by atoms with Crippen LogP contribution in [0, 0.1) is 0 Å². The second-order valence-electron chi connectivity index (χ2n) is 3.04. The van der Waals surface area contributed by atoms with Crippen LogP contribution in [-0.2, 0) is 11.3 Å². The second-order valence-corrected chi connectivity index (χ2v) is 3.04. The summed E-state index contributed by atoms with van der Waals surface area (Å²) < 4.78 is 0. The molecule has 3 N–H and O–H groups in total. The summed E-state index contributed by atoms with van der Waals surface area (Å²) in [7, 11) is 0. The lowest BCUT2D eigenvalue weighted by molar-refractivity contribution is -0.114. The van der Waals surface area contributed by atoms with E-state index < -0.39 is 6.09 Å². The molecular formula is C10H12N2O3. The number of anilines is 1. The van der Waals surface area contributed by atoms with Crippen molar-refractivity contribution in [2.24, 2.45) is 0 Å². The van der Waals surface area contributed by atoms with E-state index in [2.05, 4.69) is 10.6 Å². The maximum atomic E-state index is 10.8. The number of carboxylic acid groups (broad SMARTS) is 1. The van der Waals surface area contributed by atoms with E-state index in [4.69, 9.17) is 5.11 Å². The van der Waals surface area contributed by atoms with Gasteiger partial charge in [-0.25, -0.2) is 4.79 Å². The monoisotopic (exact) mass is 208 g/mol. The molecule has 0 bridgehead atoms. The highest BCUT2D eigenvalue weighted by atomic mass is 16.4. The predicted octanol–water partition coefficient (Wildman–Crippen LogP) is 1.41. The van der Waals surface area contributed by atoms with Gasteiger partial charge in [0, 0.05) is 19.2 Å². The van der Waals surface area contributed by atoms with Crippen LogP contribution in [0.1, 0.15) is 12.5 Å². The average molecular weight is 208 g/mol. The summed E-state index contributed by atoms with van der Waals surface area (Å²) in [6.45, 7) is 1.64. The quantitative estimate of drug-likeness (QED) is 0.702. The van der Waals surface area contributed by atoms with E-state index in [1.54, 1.807) is 24.3 Å². The summed E-state index contributed by atoms with van der Waals surface area (Å²) in [6.07, 6.45) is -1.07. The van der Waals surface area contributed by atoms with E-state index in [0.717, 1.165) is 5.56 Å². The highest BCUT2D eigenvalue weighted by Crippen LogP contribution is 2.10. The van der Waals surface area contributed by atoms with Crippen LogP contribution < -0.4 is 10.6 Å². The molecule has 1 rings (SSSR count). The van der Waals surface area contributed by atoms with Gasteiger partial charge in [0.1, 0.15) is 0 Å². The molecule has 0 atom stereocenters. The normalized spacial score (nSPS) is 9.40. The first kappa shape index (κ1) is 11.0. The van der Waals surface area contributed by atoms with Crippen LogP contribution in [0.25, 0.3) is 0 Å². The molecular weight excluding hydrogens is 196 g/mol. The summed E-state index contributed by atoms with van der Waals surface area (Å²) in [6, 6.07) is 6.99. The van der Waals surface area contributed by atoms with Crippen molar-refractivity contribution in [2.45, 2.75) is 13.5 Å². The van der Waals surface area contributed by atoms with Gasteiger partial charge in [-0.05, 0) is 17.7 Å². The Kier molecular flexibility index (Phi) is 3.68. The minimum Gasteiger partial charge on any atom is -0.465 e. The van der Waals surface area contributed by atoms with Gasteiger partial charge in [0.2, 0.25) is 5.91 Å².